The first-order chi connectivity index (χ1) is 9.93. The third-order valence-electron chi connectivity index (χ3n) is 3.96. The van der Waals surface area contributed by atoms with Crippen LogP contribution in [0.2, 0.25) is 0 Å². The largest absolute Gasteiger partial charge is 0.379 e. The molecule has 21 heavy (non-hydrogen) atoms. The minimum Gasteiger partial charge on any atom is -0.379 e. The lowest BCUT2D eigenvalue weighted by molar-refractivity contribution is 0.0116. The number of hydrogen-bond acceptors (Lipinski definition) is 4. The first-order valence-electron chi connectivity index (χ1n) is 8.05. The van der Waals surface area contributed by atoms with E-state index in [0.717, 1.165) is 43.6 Å². The first-order valence-corrected chi connectivity index (χ1v) is 8.05. The molecule has 0 aromatic carbocycles. The van der Waals surface area contributed by atoms with Gasteiger partial charge in [0.2, 0.25) is 0 Å². The summed E-state index contributed by atoms with van der Waals surface area (Å²) >= 11 is 0. The molecule has 120 valence electrons. The van der Waals surface area contributed by atoms with Crippen molar-refractivity contribution >= 4 is 0 Å². The minimum atomic E-state index is -0.0893. The van der Waals surface area contributed by atoms with Gasteiger partial charge in [0.05, 0.1) is 17.0 Å². The smallest absolute Gasteiger partial charge is 0.0676 e. The van der Waals surface area contributed by atoms with Crippen molar-refractivity contribution in [2.24, 2.45) is 0 Å². The Labute approximate surface area is 129 Å². The molecule has 0 spiro atoms. The van der Waals surface area contributed by atoms with Crippen molar-refractivity contribution in [3.8, 4) is 0 Å². The summed E-state index contributed by atoms with van der Waals surface area (Å²) < 4.78 is 5.55. The molecule has 1 aromatic heterocycles. The van der Waals surface area contributed by atoms with E-state index in [0.29, 0.717) is 6.04 Å². The fraction of sp³-hybridized carbons (Fsp3) is 0.765. The molecular weight excluding hydrogens is 262 g/mol. The fourth-order valence-corrected chi connectivity index (χ4v) is 2.39. The Kier molecular flexibility index (Phi) is 7.26. The van der Waals surface area contributed by atoms with E-state index in [2.05, 4.69) is 49.3 Å². The van der Waals surface area contributed by atoms with Gasteiger partial charge in [-0.05, 0) is 64.6 Å². The Balaban J connectivity index is 2.93. The van der Waals surface area contributed by atoms with Crippen LogP contribution in [-0.4, -0.2) is 29.5 Å². The first kappa shape index (κ1) is 18.1. The van der Waals surface area contributed by atoms with Crippen LogP contribution in [0.3, 0.4) is 0 Å². The third kappa shape index (κ3) is 5.71. The van der Waals surface area contributed by atoms with Gasteiger partial charge >= 0.3 is 0 Å². The van der Waals surface area contributed by atoms with E-state index in [1.165, 1.54) is 5.56 Å². The van der Waals surface area contributed by atoms with Crippen LogP contribution in [0.4, 0.5) is 0 Å². The SMILES string of the molecule is CCCNC(CCC(C)(C)OC)c1cc(C)nnc1CC. The van der Waals surface area contributed by atoms with Gasteiger partial charge in [0.1, 0.15) is 0 Å². The summed E-state index contributed by atoms with van der Waals surface area (Å²) in [4.78, 5) is 0. The summed E-state index contributed by atoms with van der Waals surface area (Å²) in [6.45, 7) is 11.6. The molecule has 0 aliphatic carbocycles. The summed E-state index contributed by atoms with van der Waals surface area (Å²) in [6, 6.07) is 2.50. The van der Waals surface area contributed by atoms with E-state index in [9.17, 15) is 0 Å². The maximum Gasteiger partial charge on any atom is 0.0676 e. The molecule has 1 heterocycles. The molecule has 0 fully saturated rings. The summed E-state index contributed by atoms with van der Waals surface area (Å²) in [5.74, 6) is 0. The molecule has 1 aromatic rings. The van der Waals surface area contributed by atoms with Crippen molar-refractivity contribution in [3.63, 3.8) is 0 Å². The van der Waals surface area contributed by atoms with E-state index in [1.807, 2.05) is 6.92 Å². The van der Waals surface area contributed by atoms with E-state index in [-0.39, 0.29) is 5.60 Å². The quantitative estimate of drug-likeness (QED) is 0.756. The van der Waals surface area contributed by atoms with E-state index in [4.69, 9.17) is 4.74 Å². The number of methoxy groups -OCH3 is 1. The Bertz CT molecular complexity index is 432. The summed E-state index contributed by atoms with van der Waals surface area (Å²) in [5, 5.41) is 12.2. The fourth-order valence-electron chi connectivity index (χ4n) is 2.39. The lowest BCUT2D eigenvalue weighted by atomic mass is 9.93. The highest BCUT2D eigenvalue weighted by molar-refractivity contribution is 5.25. The van der Waals surface area contributed by atoms with Gasteiger partial charge in [-0.3, -0.25) is 0 Å². The zero-order valence-corrected chi connectivity index (χ0v) is 14.5. The molecule has 4 nitrogen and oxygen atoms in total. The van der Waals surface area contributed by atoms with Gasteiger partial charge in [0.25, 0.3) is 0 Å². The van der Waals surface area contributed by atoms with Crippen molar-refractivity contribution < 1.29 is 4.74 Å². The molecule has 0 aliphatic heterocycles. The predicted molar refractivity (Wildman–Crippen MR) is 87.5 cm³/mol. The van der Waals surface area contributed by atoms with Crippen LogP contribution in [0.15, 0.2) is 6.07 Å². The zero-order valence-electron chi connectivity index (χ0n) is 14.5. The molecule has 0 amide bonds. The van der Waals surface area contributed by atoms with Crippen LogP contribution in [-0.2, 0) is 11.2 Å². The summed E-state index contributed by atoms with van der Waals surface area (Å²) in [7, 11) is 1.78. The molecule has 0 saturated heterocycles. The number of hydrogen-bond donors (Lipinski definition) is 1. The van der Waals surface area contributed by atoms with Crippen molar-refractivity contribution in [2.75, 3.05) is 13.7 Å². The number of aromatic nitrogens is 2. The van der Waals surface area contributed by atoms with Crippen LogP contribution >= 0.6 is 0 Å². The molecule has 0 aliphatic rings. The maximum absolute atomic E-state index is 5.55. The molecule has 1 N–H and O–H groups in total. The molecular formula is C17H31N3O. The lowest BCUT2D eigenvalue weighted by Gasteiger charge is -2.27. The molecule has 4 heteroatoms. The monoisotopic (exact) mass is 293 g/mol. The van der Waals surface area contributed by atoms with Crippen LogP contribution in [0.1, 0.15) is 70.0 Å². The summed E-state index contributed by atoms with van der Waals surface area (Å²) in [6.07, 6.45) is 4.10. The maximum atomic E-state index is 5.55. The highest BCUT2D eigenvalue weighted by atomic mass is 16.5. The number of nitrogens with one attached hydrogen (secondary N) is 1. The lowest BCUT2D eigenvalue weighted by Crippen LogP contribution is -2.28. The second-order valence-electron chi connectivity index (χ2n) is 6.25. The van der Waals surface area contributed by atoms with E-state index < -0.39 is 0 Å². The Hall–Kier alpha value is -1.00. The van der Waals surface area contributed by atoms with Crippen molar-refractivity contribution in [2.45, 2.75) is 71.9 Å². The van der Waals surface area contributed by atoms with Gasteiger partial charge in [-0.1, -0.05) is 13.8 Å². The molecule has 1 atom stereocenters. The molecule has 0 radical (unpaired) electrons. The minimum absolute atomic E-state index is 0.0893. The van der Waals surface area contributed by atoms with Crippen LogP contribution < -0.4 is 5.32 Å². The number of rotatable bonds is 9. The van der Waals surface area contributed by atoms with Gasteiger partial charge < -0.3 is 10.1 Å². The predicted octanol–water partition coefficient (Wildman–Crippen LogP) is 3.59. The normalized spacial score (nSPS) is 13.4. The van der Waals surface area contributed by atoms with Crippen molar-refractivity contribution in [1.82, 2.24) is 15.5 Å². The van der Waals surface area contributed by atoms with Gasteiger partial charge in [0, 0.05) is 13.2 Å². The second kappa shape index (κ2) is 8.44. The van der Waals surface area contributed by atoms with Crippen LogP contribution in [0, 0.1) is 6.92 Å². The molecule has 0 saturated carbocycles. The number of aryl methyl sites for hydroxylation is 2. The summed E-state index contributed by atoms with van der Waals surface area (Å²) in [5.41, 5.74) is 3.29. The Morgan fingerprint density at radius 2 is 2.00 bits per heavy atom. The van der Waals surface area contributed by atoms with Crippen molar-refractivity contribution in [1.29, 1.82) is 0 Å². The highest BCUT2D eigenvalue weighted by Gasteiger charge is 2.22. The second-order valence-corrected chi connectivity index (χ2v) is 6.25. The Morgan fingerprint density at radius 3 is 2.57 bits per heavy atom. The van der Waals surface area contributed by atoms with Crippen molar-refractivity contribution in [3.05, 3.63) is 23.0 Å². The standard InChI is InChI=1S/C17H31N3O/c1-7-11-18-16(9-10-17(4,5)21-6)14-12-13(3)19-20-15(14)8-2/h12,16,18H,7-11H2,1-6H3. The van der Waals surface area contributed by atoms with E-state index >= 15 is 0 Å². The van der Waals surface area contributed by atoms with Gasteiger partial charge in [-0.2, -0.15) is 10.2 Å². The Morgan fingerprint density at radius 1 is 1.29 bits per heavy atom. The average Bonchev–Trinajstić information content (AvgIpc) is 2.47. The topological polar surface area (TPSA) is 47.0 Å². The van der Waals surface area contributed by atoms with Crippen LogP contribution in [0.25, 0.3) is 0 Å². The van der Waals surface area contributed by atoms with Gasteiger partial charge in [0.15, 0.2) is 0 Å². The van der Waals surface area contributed by atoms with E-state index in [1.54, 1.807) is 7.11 Å². The third-order valence-corrected chi connectivity index (χ3v) is 3.96. The van der Waals surface area contributed by atoms with Crippen LogP contribution in [0.5, 0.6) is 0 Å². The molecule has 1 unspecified atom stereocenters. The average molecular weight is 293 g/mol. The van der Waals surface area contributed by atoms with Gasteiger partial charge in [-0.15, -0.1) is 0 Å². The van der Waals surface area contributed by atoms with Gasteiger partial charge in [-0.25, -0.2) is 0 Å². The molecule has 0 bridgehead atoms. The number of nitrogens with zero attached hydrogens (tertiary/aromatic N) is 2. The zero-order chi connectivity index (χ0) is 15.9. The molecule has 1 rings (SSSR count). The number of ether oxygens (including phenoxy) is 1. The highest BCUT2D eigenvalue weighted by Crippen LogP contribution is 2.26.